The van der Waals surface area contributed by atoms with Gasteiger partial charge in [-0.25, -0.2) is 0 Å². The molecule has 1 aromatic heterocycles. The van der Waals surface area contributed by atoms with Crippen LogP contribution in [0.15, 0.2) is 36.9 Å². The highest BCUT2D eigenvalue weighted by Crippen LogP contribution is 2.32. The highest BCUT2D eigenvalue weighted by molar-refractivity contribution is 7.19. The second-order valence-corrected chi connectivity index (χ2v) is 4.92. The SMILES string of the molecule is C=CC=Cc1c(C)sc2cc(C)ccc12. The Morgan fingerprint density at radius 1 is 1.27 bits per heavy atom. The molecule has 0 aliphatic heterocycles. The molecule has 0 saturated carbocycles. The first-order valence-electron chi connectivity index (χ1n) is 5.01. The summed E-state index contributed by atoms with van der Waals surface area (Å²) >= 11 is 1.86. The summed E-state index contributed by atoms with van der Waals surface area (Å²) in [6.07, 6.45) is 5.95. The van der Waals surface area contributed by atoms with E-state index >= 15 is 0 Å². The molecule has 0 fully saturated rings. The number of thiophene rings is 1. The van der Waals surface area contributed by atoms with Crippen molar-refractivity contribution in [3.8, 4) is 0 Å². The number of rotatable bonds is 2. The Morgan fingerprint density at radius 3 is 2.80 bits per heavy atom. The van der Waals surface area contributed by atoms with Gasteiger partial charge in [0.2, 0.25) is 0 Å². The fourth-order valence-electron chi connectivity index (χ4n) is 1.72. The first-order chi connectivity index (χ1) is 7.22. The average molecular weight is 214 g/mol. The third-order valence-corrected chi connectivity index (χ3v) is 3.55. The van der Waals surface area contributed by atoms with Crippen LogP contribution in [0, 0.1) is 13.8 Å². The van der Waals surface area contributed by atoms with Gasteiger partial charge in [0.15, 0.2) is 0 Å². The van der Waals surface area contributed by atoms with E-state index in [-0.39, 0.29) is 0 Å². The minimum atomic E-state index is 1.32. The second-order valence-electron chi connectivity index (χ2n) is 3.67. The third-order valence-electron chi connectivity index (χ3n) is 2.47. The predicted molar refractivity (Wildman–Crippen MR) is 70.5 cm³/mol. The monoisotopic (exact) mass is 214 g/mol. The van der Waals surface area contributed by atoms with Gasteiger partial charge in [-0.15, -0.1) is 11.3 Å². The molecule has 0 radical (unpaired) electrons. The van der Waals surface area contributed by atoms with E-state index in [1.54, 1.807) is 0 Å². The maximum atomic E-state index is 3.70. The van der Waals surface area contributed by atoms with E-state index in [4.69, 9.17) is 0 Å². The van der Waals surface area contributed by atoms with Gasteiger partial charge in [-0.05, 0) is 36.4 Å². The number of aryl methyl sites for hydroxylation is 2. The molecule has 0 nitrogen and oxygen atoms in total. The number of hydrogen-bond donors (Lipinski definition) is 0. The number of fused-ring (bicyclic) bond motifs is 1. The summed E-state index contributed by atoms with van der Waals surface area (Å²) in [7, 11) is 0. The Morgan fingerprint density at radius 2 is 2.07 bits per heavy atom. The highest BCUT2D eigenvalue weighted by atomic mass is 32.1. The van der Waals surface area contributed by atoms with Crippen molar-refractivity contribution >= 4 is 27.5 Å². The maximum Gasteiger partial charge on any atom is 0.0354 e. The van der Waals surface area contributed by atoms with Gasteiger partial charge in [-0.1, -0.05) is 36.9 Å². The topological polar surface area (TPSA) is 0 Å². The summed E-state index contributed by atoms with van der Waals surface area (Å²) in [4.78, 5) is 1.37. The maximum absolute atomic E-state index is 3.70. The fraction of sp³-hybridized carbons (Fsp3) is 0.143. The molecule has 15 heavy (non-hydrogen) atoms. The lowest BCUT2D eigenvalue weighted by molar-refractivity contribution is 1.51. The fourth-order valence-corrected chi connectivity index (χ4v) is 2.87. The normalized spacial score (nSPS) is 11.3. The minimum absolute atomic E-state index is 1.32. The van der Waals surface area contributed by atoms with E-state index in [0.717, 1.165) is 0 Å². The van der Waals surface area contributed by atoms with Crippen LogP contribution in [0.4, 0.5) is 0 Å². The predicted octanol–water partition coefficient (Wildman–Crippen LogP) is 4.72. The molecule has 1 heterocycles. The molecule has 0 bridgehead atoms. The molecule has 1 aromatic carbocycles. The van der Waals surface area contributed by atoms with Crippen LogP contribution in [-0.2, 0) is 0 Å². The van der Waals surface area contributed by atoms with Crippen LogP contribution in [0.5, 0.6) is 0 Å². The molecule has 2 rings (SSSR count). The van der Waals surface area contributed by atoms with E-state index in [9.17, 15) is 0 Å². The molecular weight excluding hydrogens is 200 g/mol. The van der Waals surface area contributed by atoms with Crippen LogP contribution in [0.1, 0.15) is 16.0 Å². The molecule has 0 aliphatic rings. The van der Waals surface area contributed by atoms with Crippen LogP contribution in [0.3, 0.4) is 0 Å². The Hall–Kier alpha value is -1.34. The molecule has 0 N–H and O–H groups in total. The van der Waals surface area contributed by atoms with Crippen LogP contribution >= 0.6 is 11.3 Å². The molecule has 2 aromatic rings. The average Bonchev–Trinajstić information content (AvgIpc) is 2.50. The van der Waals surface area contributed by atoms with Crippen molar-refractivity contribution in [1.82, 2.24) is 0 Å². The summed E-state index contributed by atoms with van der Waals surface area (Å²) in [6, 6.07) is 6.62. The van der Waals surface area contributed by atoms with E-state index in [1.165, 1.54) is 26.1 Å². The minimum Gasteiger partial charge on any atom is -0.140 e. The molecule has 76 valence electrons. The van der Waals surface area contributed by atoms with Crippen molar-refractivity contribution in [2.75, 3.05) is 0 Å². The Balaban J connectivity index is 2.68. The number of benzene rings is 1. The Bertz CT molecular complexity index is 530. The summed E-state index contributed by atoms with van der Waals surface area (Å²) in [6.45, 7) is 8.00. The van der Waals surface area contributed by atoms with Gasteiger partial charge in [-0.2, -0.15) is 0 Å². The zero-order chi connectivity index (χ0) is 10.8. The van der Waals surface area contributed by atoms with Crippen molar-refractivity contribution in [2.45, 2.75) is 13.8 Å². The number of hydrogen-bond acceptors (Lipinski definition) is 1. The van der Waals surface area contributed by atoms with Gasteiger partial charge in [-0.3, -0.25) is 0 Å². The largest absolute Gasteiger partial charge is 0.140 e. The van der Waals surface area contributed by atoms with E-state index in [0.29, 0.717) is 0 Å². The van der Waals surface area contributed by atoms with Gasteiger partial charge in [0, 0.05) is 9.58 Å². The Labute approximate surface area is 94.6 Å². The molecule has 0 spiro atoms. The lowest BCUT2D eigenvalue weighted by Gasteiger charge is -1.94. The Kier molecular flexibility index (Phi) is 2.74. The smallest absolute Gasteiger partial charge is 0.0354 e. The summed E-state index contributed by atoms with van der Waals surface area (Å²) < 4.78 is 1.37. The van der Waals surface area contributed by atoms with E-state index < -0.39 is 0 Å². The van der Waals surface area contributed by atoms with Crippen LogP contribution < -0.4 is 0 Å². The highest BCUT2D eigenvalue weighted by Gasteiger charge is 2.05. The molecule has 0 aliphatic carbocycles. The summed E-state index contributed by atoms with van der Waals surface area (Å²) in [5, 5.41) is 1.35. The van der Waals surface area contributed by atoms with Crippen molar-refractivity contribution < 1.29 is 0 Å². The molecular formula is C14H14S. The van der Waals surface area contributed by atoms with E-state index in [2.05, 4.69) is 44.7 Å². The van der Waals surface area contributed by atoms with Gasteiger partial charge >= 0.3 is 0 Å². The third kappa shape index (κ3) is 1.88. The lowest BCUT2D eigenvalue weighted by atomic mass is 10.1. The van der Waals surface area contributed by atoms with Gasteiger partial charge in [0.1, 0.15) is 0 Å². The quantitative estimate of drug-likeness (QED) is 0.635. The van der Waals surface area contributed by atoms with Crippen molar-refractivity contribution in [2.24, 2.45) is 0 Å². The zero-order valence-corrected chi connectivity index (χ0v) is 9.90. The lowest BCUT2D eigenvalue weighted by Crippen LogP contribution is -1.73. The number of allylic oxidation sites excluding steroid dienone is 2. The van der Waals surface area contributed by atoms with Crippen LogP contribution in [-0.4, -0.2) is 0 Å². The first kappa shape index (κ1) is 10.2. The van der Waals surface area contributed by atoms with Gasteiger partial charge in [0.05, 0.1) is 0 Å². The summed E-state index contributed by atoms with van der Waals surface area (Å²) in [5.74, 6) is 0. The zero-order valence-electron chi connectivity index (χ0n) is 9.08. The molecule has 1 heteroatoms. The van der Waals surface area contributed by atoms with Gasteiger partial charge < -0.3 is 0 Å². The van der Waals surface area contributed by atoms with Crippen molar-refractivity contribution in [1.29, 1.82) is 0 Å². The summed E-state index contributed by atoms with van der Waals surface area (Å²) in [5.41, 5.74) is 2.65. The van der Waals surface area contributed by atoms with E-state index in [1.807, 2.05) is 23.5 Å². The molecule has 0 amide bonds. The van der Waals surface area contributed by atoms with Crippen molar-refractivity contribution in [3.05, 3.63) is 52.9 Å². The van der Waals surface area contributed by atoms with Crippen LogP contribution in [0.2, 0.25) is 0 Å². The van der Waals surface area contributed by atoms with Crippen molar-refractivity contribution in [3.63, 3.8) is 0 Å². The van der Waals surface area contributed by atoms with Crippen LogP contribution in [0.25, 0.3) is 16.2 Å². The molecule has 0 unspecified atom stereocenters. The molecule has 0 saturated heterocycles. The molecule has 0 atom stereocenters. The second kappa shape index (κ2) is 4.03. The first-order valence-corrected chi connectivity index (χ1v) is 5.83. The van der Waals surface area contributed by atoms with Gasteiger partial charge in [0.25, 0.3) is 0 Å². The standard InChI is InChI=1S/C14H14S/c1-4-5-6-12-11(3)15-14-9-10(2)7-8-13(12)14/h4-9H,1H2,2-3H3.